The number of hydrogen-bond acceptors (Lipinski definition) is 1. The topological polar surface area (TPSA) is 12.0 Å². The number of benzene rings is 1. The normalized spacial score (nSPS) is 26.7. The van der Waals surface area contributed by atoms with Gasteiger partial charge in [0.05, 0.1) is 0 Å². The average molecular weight is 193 g/mol. The molecule has 0 bridgehead atoms. The Balaban J connectivity index is 2.21. The molecule has 0 aromatic heterocycles. The molecule has 0 aliphatic carbocycles. The molecular weight excluding hydrogens is 177 g/mol. The van der Waals surface area contributed by atoms with Crippen LogP contribution in [0.25, 0.3) is 0 Å². The van der Waals surface area contributed by atoms with Gasteiger partial charge in [-0.05, 0) is 30.2 Å². The summed E-state index contributed by atoms with van der Waals surface area (Å²) in [5.74, 6) is 1.04. The van der Waals surface area contributed by atoms with Gasteiger partial charge in [-0.25, -0.2) is 4.39 Å². The fourth-order valence-corrected chi connectivity index (χ4v) is 2.29. The van der Waals surface area contributed by atoms with E-state index in [0.717, 1.165) is 25.1 Å². The summed E-state index contributed by atoms with van der Waals surface area (Å²) in [5.41, 5.74) is 1.14. The SMILES string of the molecule is CC[C@H]1CNC[C@@H]1c1cccc(F)c1. The minimum atomic E-state index is -0.121. The molecule has 1 aliphatic heterocycles. The summed E-state index contributed by atoms with van der Waals surface area (Å²) < 4.78 is 13.0. The predicted octanol–water partition coefficient (Wildman–Crippen LogP) is 2.54. The number of nitrogens with one attached hydrogen (secondary N) is 1. The van der Waals surface area contributed by atoms with E-state index in [4.69, 9.17) is 0 Å². The van der Waals surface area contributed by atoms with Crippen molar-refractivity contribution in [3.05, 3.63) is 35.6 Å². The van der Waals surface area contributed by atoms with Crippen molar-refractivity contribution in [1.29, 1.82) is 0 Å². The zero-order chi connectivity index (χ0) is 9.97. The molecule has 1 saturated heterocycles. The number of rotatable bonds is 2. The molecule has 0 spiro atoms. The van der Waals surface area contributed by atoms with Gasteiger partial charge < -0.3 is 5.32 Å². The van der Waals surface area contributed by atoms with E-state index in [-0.39, 0.29) is 5.82 Å². The molecule has 0 unspecified atom stereocenters. The molecule has 1 aromatic carbocycles. The molecule has 2 rings (SSSR count). The number of halogens is 1. The highest BCUT2D eigenvalue weighted by Crippen LogP contribution is 2.30. The quantitative estimate of drug-likeness (QED) is 0.761. The second-order valence-electron chi connectivity index (χ2n) is 3.99. The van der Waals surface area contributed by atoms with E-state index in [1.54, 1.807) is 12.1 Å². The first kappa shape index (κ1) is 9.66. The van der Waals surface area contributed by atoms with E-state index >= 15 is 0 Å². The number of hydrogen-bond donors (Lipinski definition) is 1. The Hall–Kier alpha value is -0.890. The maximum absolute atomic E-state index is 13.0. The van der Waals surface area contributed by atoms with Gasteiger partial charge in [0, 0.05) is 12.5 Å². The third-order valence-corrected chi connectivity index (χ3v) is 3.14. The lowest BCUT2D eigenvalue weighted by molar-refractivity contribution is 0.500. The van der Waals surface area contributed by atoms with Gasteiger partial charge in [0.1, 0.15) is 5.82 Å². The first-order valence-electron chi connectivity index (χ1n) is 5.27. The van der Waals surface area contributed by atoms with E-state index in [9.17, 15) is 4.39 Å². The molecule has 1 aromatic rings. The zero-order valence-corrected chi connectivity index (χ0v) is 8.46. The smallest absolute Gasteiger partial charge is 0.123 e. The van der Waals surface area contributed by atoms with Crippen molar-refractivity contribution in [1.82, 2.24) is 5.32 Å². The molecule has 76 valence electrons. The first-order chi connectivity index (χ1) is 6.81. The van der Waals surface area contributed by atoms with Crippen LogP contribution in [0.5, 0.6) is 0 Å². The van der Waals surface area contributed by atoms with E-state index in [1.807, 2.05) is 6.07 Å². The highest BCUT2D eigenvalue weighted by Gasteiger charge is 2.26. The first-order valence-corrected chi connectivity index (χ1v) is 5.27. The van der Waals surface area contributed by atoms with Crippen LogP contribution in [0.15, 0.2) is 24.3 Å². The fraction of sp³-hybridized carbons (Fsp3) is 0.500. The second kappa shape index (κ2) is 4.09. The minimum absolute atomic E-state index is 0.121. The van der Waals surface area contributed by atoms with E-state index in [2.05, 4.69) is 12.2 Å². The Kier molecular flexibility index (Phi) is 2.82. The van der Waals surface area contributed by atoms with Crippen LogP contribution in [0.2, 0.25) is 0 Å². The largest absolute Gasteiger partial charge is 0.316 e. The molecule has 0 saturated carbocycles. The molecule has 1 fully saturated rings. The molecule has 1 aliphatic rings. The van der Waals surface area contributed by atoms with Crippen molar-refractivity contribution in [3.63, 3.8) is 0 Å². The molecule has 1 nitrogen and oxygen atoms in total. The fourth-order valence-electron chi connectivity index (χ4n) is 2.29. The summed E-state index contributed by atoms with van der Waals surface area (Å²) in [7, 11) is 0. The third-order valence-electron chi connectivity index (χ3n) is 3.14. The Morgan fingerprint density at radius 2 is 2.29 bits per heavy atom. The Morgan fingerprint density at radius 3 is 3.00 bits per heavy atom. The van der Waals surface area contributed by atoms with Crippen LogP contribution in [-0.2, 0) is 0 Å². The van der Waals surface area contributed by atoms with Crippen LogP contribution in [0.4, 0.5) is 4.39 Å². The molecule has 14 heavy (non-hydrogen) atoms. The molecule has 1 heterocycles. The van der Waals surface area contributed by atoms with Crippen molar-refractivity contribution in [2.75, 3.05) is 13.1 Å². The van der Waals surface area contributed by atoms with Crippen molar-refractivity contribution in [2.45, 2.75) is 19.3 Å². The van der Waals surface area contributed by atoms with Gasteiger partial charge in [0.15, 0.2) is 0 Å². The van der Waals surface area contributed by atoms with Gasteiger partial charge in [-0.15, -0.1) is 0 Å². The van der Waals surface area contributed by atoms with Crippen LogP contribution >= 0.6 is 0 Å². The van der Waals surface area contributed by atoms with Crippen molar-refractivity contribution in [3.8, 4) is 0 Å². The lowest BCUT2D eigenvalue weighted by Gasteiger charge is -2.16. The third kappa shape index (κ3) is 1.80. The van der Waals surface area contributed by atoms with E-state index in [1.165, 1.54) is 6.07 Å². The summed E-state index contributed by atoms with van der Waals surface area (Å²) in [6.07, 6.45) is 1.16. The van der Waals surface area contributed by atoms with Crippen LogP contribution in [0, 0.1) is 11.7 Å². The van der Waals surface area contributed by atoms with E-state index < -0.39 is 0 Å². The zero-order valence-electron chi connectivity index (χ0n) is 8.46. The molecule has 1 N–H and O–H groups in total. The van der Waals surface area contributed by atoms with Gasteiger partial charge in [-0.3, -0.25) is 0 Å². The highest BCUT2D eigenvalue weighted by atomic mass is 19.1. The Labute approximate surface area is 84.3 Å². The highest BCUT2D eigenvalue weighted by molar-refractivity contribution is 5.23. The van der Waals surface area contributed by atoms with Crippen LogP contribution in [0.3, 0.4) is 0 Å². The molecule has 2 atom stereocenters. The maximum atomic E-state index is 13.0. The van der Waals surface area contributed by atoms with Crippen LogP contribution < -0.4 is 5.32 Å². The lowest BCUT2D eigenvalue weighted by Crippen LogP contribution is -2.09. The summed E-state index contributed by atoms with van der Waals surface area (Å²) >= 11 is 0. The van der Waals surface area contributed by atoms with Gasteiger partial charge >= 0.3 is 0 Å². The second-order valence-corrected chi connectivity index (χ2v) is 3.99. The Morgan fingerprint density at radius 1 is 1.43 bits per heavy atom. The van der Waals surface area contributed by atoms with Crippen molar-refractivity contribution < 1.29 is 4.39 Å². The summed E-state index contributed by atoms with van der Waals surface area (Å²) in [6.45, 7) is 4.25. The van der Waals surface area contributed by atoms with Crippen LogP contribution in [-0.4, -0.2) is 13.1 Å². The van der Waals surface area contributed by atoms with Gasteiger partial charge in [0.25, 0.3) is 0 Å². The summed E-state index contributed by atoms with van der Waals surface area (Å²) in [4.78, 5) is 0. The summed E-state index contributed by atoms with van der Waals surface area (Å²) in [6, 6.07) is 7.01. The molecule has 0 radical (unpaired) electrons. The van der Waals surface area contributed by atoms with E-state index in [0.29, 0.717) is 11.8 Å². The van der Waals surface area contributed by atoms with Gasteiger partial charge in [-0.1, -0.05) is 25.5 Å². The summed E-state index contributed by atoms with van der Waals surface area (Å²) in [5, 5.41) is 3.37. The molecular formula is C12H16FN. The average Bonchev–Trinajstić information content (AvgIpc) is 2.65. The maximum Gasteiger partial charge on any atom is 0.123 e. The monoisotopic (exact) mass is 193 g/mol. The predicted molar refractivity (Wildman–Crippen MR) is 55.8 cm³/mol. The van der Waals surface area contributed by atoms with Crippen molar-refractivity contribution in [2.24, 2.45) is 5.92 Å². The lowest BCUT2D eigenvalue weighted by atomic mass is 9.87. The minimum Gasteiger partial charge on any atom is -0.316 e. The van der Waals surface area contributed by atoms with Gasteiger partial charge in [0.2, 0.25) is 0 Å². The van der Waals surface area contributed by atoms with Gasteiger partial charge in [-0.2, -0.15) is 0 Å². The standard InChI is InChI=1S/C12H16FN/c1-2-9-7-14-8-12(9)10-4-3-5-11(13)6-10/h3-6,9,12,14H,2,7-8H2,1H3/t9-,12-/m0/s1. The Bertz CT molecular complexity index is 311. The molecule has 0 amide bonds. The molecule has 2 heteroatoms. The van der Waals surface area contributed by atoms with Crippen molar-refractivity contribution >= 4 is 0 Å². The van der Waals surface area contributed by atoms with Crippen LogP contribution in [0.1, 0.15) is 24.8 Å².